The van der Waals surface area contributed by atoms with Crippen molar-refractivity contribution in [2.45, 2.75) is 44.4 Å². The third-order valence-corrected chi connectivity index (χ3v) is 2.60. The summed E-state index contributed by atoms with van der Waals surface area (Å²) >= 11 is 0. The number of rotatable bonds is 7. The number of amides is 2. The second-order valence-electron chi connectivity index (χ2n) is 4.60. The maximum Gasteiger partial charge on any atom is 0.405 e. The number of halogens is 3. The molecule has 1 atom stereocenters. The third kappa shape index (κ3) is 7.66. The summed E-state index contributed by atoms with van der Waals surface area (Å²) in [5.74, 6) is -0.849. The number of hydrogen-bond donors (Lipinski definition) is 3. The molecule has 8 heteroatoms. The normalized spacial score (nSPS) is 16.8. The molecule has 0 radical (unpaired) electrons. The van der Waals surface area contributed by atoms with Gasteiger partial charge in [-0.25, -0.2) is 0 Å². The van der Waals surface area contributed by atoms with Gasteiger partial charge in [0.2, 0.25) is 11.8 Å². The van der Waals surface area contributed by atoms with Crippen LogP contribution in [0.3, 0.4) is 0 Å². The Morgan fingerprint density at radius 1 is 1.32 bits per heavy atom. The first-order valence-electron chi connectivity index (χ1n) is 6.15. The summed E-state index contributed by atoms with van der Waals surface area (Å²) in [6.45, 7) is 0.351. The van der Waals surface area contributed by atoms with Gasteiger partial charge in [0.25, 0.3) is 0 Å². The predicted octanol–water partition coefficient (Wildman–Crippen LogP) is 0.312. The molecule has 1 unspecified atom stereocenters. The number of alkyl halides is 3. The number of carbonyl (C=O) groups is 2. The van der Waals surface area contributed by atoms with E-state index in [0.29, 0.717) is 0 Å². The van der Waals surface area contributed by atoms with Gasteiger partial charge in [-0.1, -0.05) is 0 Å². The lowest BCUT2D eigenvalue weighted by molar-refractivity contribution is -0.139. The maximum absolute atomic E-state index is 11.9. The fraction of sp³-hybridized carbons (Fsp3) is 0.818. The van der Waals surface area contributed by atoms with Crippen molar-refractivity contribution in [2.24, 2.45) is 0 Å². The van der Waals surface area contributed by atoms with E-state index in [-0.39, 0.29) is 24.9 Å². The molecular formula is C11H18F3N3O2. The topological polar surface area (TPSA) is 70.2 Å². The van der Waals surface area contributed by atoms with Crippen molar-refractivity contribution in [3.8, 4) is 0 Å². The zero-order valence-corrected chi connectivity index (χ0v) is 10.6. The van der Waals surface area contributed by atoms with E-state index in [9.17, 15) is 22.8 Å². The lowest BCUT2D eigenvalue weighted by Crippen LogP contribution is -2.46. The summed E-state index contributed by atoms with van der Waals surface area (Å²) < 4.78 is 35.6. The van der Waals surface area contributed by atoms with Crippen LogP contribution in [0.1, 0.15) is 26.2 Å². The van der Waals surface area contributed by atoms with Gasteiger partial charge >= 0.3 is 6.18 Å². The van der Waals surface area contributed by atoms with Crippen LogP contribution in [-0.2, 0) is 9.59 Å². The standard InChI is InChI=1S/C11H18F3N3O2/c1-7(10(19)16-6-11(12,13)14)15-5-4-9(18)17-8-2-3-8/h7-8,15H,2-6H2,1H3,(H,16,19)(H,17,18). The molecule has 1 saturated carbocycles. The molecule has 0 aromatic carbocycles. The van der Waals surface area contributed by atoms with Crippen LogP contribution in [0.2, 0.25) is 0 Å². The smallest absolute Gasteiger partial charge is 0.353 e. The van der Waals surface area contributed by atoms with Crippen LogP contribution >= 0.6 is 0 Å². The Balaban J connectivity index is 2.10. The van der Waals surface area contributed by atoms with Gasteiger partial charge in [-0.15, -0.1) is 0 Å². The van der Waals surface area contributed by atoms with E-state index in [1.54, 1.807) is 5.32 Å². The van der Waals surface area contributed by atoms with Gasteiger partial charge in [-0.2, -0.15) is 13.2 Å². The molecule has 0 aromatic heterocycles. The average Bonchev–Trinajstić information content (AvgIpc) is 3.08. The van der Waals surface area contributed by atoms with E-state index < -0.39 is 24.7 Å². The van der Waals surface area contributed by atoms with E-state index in [1.165, 1.54) is 6.92 Å². The summed E-state index contributed by atoms with van der Waals surface area (Å²) in [6.07, 6.45) is -2.22. The molecule has 0 heterocycles. The van der Waals surface area contributed by atoms with E-state index in [2.05, 4.69) is 10.6 Å². The quantitative estimate of drug-likeness (QED) is 0.629. The van der Waals surface area contributed by atoms with E-state index in [4.69, 9.17) is 0 Å². The first-order chi connectivity index (χ1) is 8.78. The van der Waals surface area contributed by atoms with Gasteiger partial charge in [0.1, 0.15) is 6.54 Å². The Bertz CT molecular complexity index is 330. The van der Waals surface area contributed by atoms with Gasteiger partial charge in [-0.3, -0.25) is 9.59 Å². The summed E-state index contributed by atoms with van der Waals surface area (Å²) in [6, 6.07) is -0.490. The summed E-state index contributed by atoms with van der Waals surface area (Å²) in [4.78, 5) is 22.6. The molecule has 0 bridgehead atoms. The molecule has 0 saturated heterocycles. The van der Waals surface area contributed by atoms with Crippen LogP contribution in [0, 0.1) is 0 Å². The first kappa shape index (κ1) is 15.7. The highest BCUT2D eigenvalue weighted by Crippen LogP contribution is 2.18. The SMILES string of the molecule is CC(NCCC(=O)NC1CC1)C(=O)NCC(F)(F)F. The highest BCUT2D eigenvalue weighted by molar-refractivity contribution is 5.81. The van der Waals surface area contributed by atoms with Crippen LogP contribution in [0.4, 0.5) is 13.2 Å². The van der Waals surface area contributed by atoms with Crippen molar-refractivity contribution in [3.63, 3.8) is 0 Å². The second-order valence-corrected chi connectivity index (χ2v) is 4.60. The summed E-state index contributed by atoms with van der Waals surface area (Å²) in [5, 5.41) is 7.25. The van der Waals surface area contributed by atoms with Gasteiger partial charge in [0.05, 0.1) is 6.04 Å². The van der Waals surface area contributed by atoms with Gasteiger partial charge in [0.15, 0.2) is 0 Å². The monoisotopic (exact) mass is 281 g/mol. The third-order valence-electron chi connectivity index (χ3n) is 2.60. The molecule has 19 heavy (non-hydrogen) atoms. The van der Waals surface area contributed by atoms with Crippen molar-refractivity contribution in [3.05, 3.63) is 0 Å². The Labute approximate surface area is 109 Å². The highest BCUT2D eigenvalue weighted by Gasteiger charge is 2.28. The zero-order valence-electron chi connectivity index (χ0n) is 10.6. The molecule has 2 amide bonds. The minimum atomic E-state index is -4.42. The zero-order chi connectivity index (χ0) is 14.5. The predicted molar refractivity (Wildman–Crippen MR) is 62.3 cm³/mol. The Morgan fingerprint density at radius 2 is 1.95 bits per heavy atom. The first-order valence-corrected chi connectivity index (χ1v) is 6.15. The van der Waals surface area contributed by atoms with Crippen molar-refractivity contribution >= 4 is 11.8 Å². The van der Waals surface area contributed by atoms with Crippen molar-refractivity contribution < 1.29 is 22.8 Å². The van der Waals surface area contributed by atoms with E-state index in [0.717, 1.165) is 12.8 Å². The molecule has 3 N–H and O–H groups in total. The lowest BCUT2D eigenvalue weighted by Gasteiger charge is -2.15. The Kier molecular flexibility index (Phi) is 5.59. The van der Waals surface area contributed by atoms with Crippen molar-refractivity contribution in [1.29, 1.82) is 0 Å². The fourth-order valence-electron chi connectivity index (χ4n) is 1.36. The van der Waals surface area contributed by atoms with Crippen molar-refractivity contribution in [1.82, 2.24) is 16.0 Å². The van der Waals surface area contributed by atoms with E-state index >= 15 is 0 Å². The lowest BCUT2D eigenvalue weighted by atomic mass is 10.3. The number of hydrogen-bond acceptors (Lipinski definition) is 3. The second kappa shape index (κ2) is 6.74. The molecule has 0 aromatic rings. The van der Waals surface area contributed by atoms with Crippen LogP contribution in [0.15, 0.2) is 0 Å². The number of carbonyl (C=O) groups excluding carboxylic acids is 2. The van der Waals surface area contributed by atoms with Crippen LogP contribution in [0.5, 0.6) is 0 Å². The molecule has 1 aliphatic carbocycles. The molecule has 1 aliphatic rings. The Morgan fingerprint density at radius 3 is 2.47 bits per heavy atom. The largest absolute Gasteiger partial charge is 0.405 e. The average molecular weight is 281 g/mol. The molecule has 5 nitrogen and oxygen atoms in total. The van der Waals surface area contributed by atoms with Gasteiger partial charge < -0.3 is 16.0 Å². The van der Waals surface area contributed by atoms with Crippen LogP contribution in [0.25, 0.3) is 0 Å². The van der Waals surface area contributed by atoms with Crippen molar-refractivity contribution in [2.75, 3.05) is 13.1 Å². The van der Waals surface area contributed by atoms with Gasteiger partial charge in [0, 0.05) is 19.0 Å². The summed E-state index contributed by atoms with van der Waals surface area (Å²) in [7, 11) is 0. The van der Waals surface area contributed by atoms with E-state index in [1.807, 2.05) is 0 Å². The molecule has 0 aliphatic heterocycles. The minimum Gasteiger partial charge on any atom is -0.353 e. The minimum absolute atomic E-state index is 0.113. The molecular weight excluding hydrogens is 263 g/mol. The maximum atomic E-state index is 11.9. The summed E-state index contributed by atoms with van der Waals surface area (Å²) in [5.41, 5.74) is 0. The fourth-order valence-corrected chi connectivity index (χ4v) is 1.36. The molecule has 1 fully saturated rings. The van der Waals surface area contributed by atoms with Crippen LogP contribution in [-0.4, -0.2) is 43.2 Å². The highest BCUT2D eigenvalue weighted by atomic mass is 19.4. The Hall–Kier alpha value is -1.31. The number of nitrogens with one attached hydrogen (secondary N) is 3. The molecule has 110 valence electrons. The van der Waals surface area contributed by atoms with Crippen LogP contribution < -0.4 is 16.0 Å². The molecule has 1 rings (SSSR count). The molecule has 0 spiro atoms. The van der Waals surface area contributed by atoms with Gasteiger partial charge in [-0.05, 0) is 19.8 Å².